The summed E-state index contributed by atoms with van der Waals surface area (Å²) in [5.74, 6) is 0.214. The van der Waals surface area contributed by atoms with E-state index >= 15 is 0 Å². The maximum atomic E-state index is 13.1. The SMILES string of the molecule is Fc1ccc2c(c1)CC(Cn1ccc(C(F)(F)F)n1)O2. The van der Waals surface area contributed by atoms with Crippen LogP contribution in [-0.2, 0) is 19.1 Å². The van der Waals surface area contributed by atoms with E-state index in [4.69, 9.17) is 4.74 Å². The smallest absolute Gasteiger partial charge is 0.435 e. The van der Waals surface area contributed by atoms with E-state index in [0.717, 1.165) is 11.6 Å². The lowest BCUT2D eigenvalue weighted by Crippen LogP contribution is -2.21. The Kier molecular flexibility index (Phi) is 2.92. The van der Waals surface area contributed by atoms with Gasteiger partial charge in [-0.2, -0.15) is 18.3 Å². The zero-order valence-corrected chi connectivity index (χ0v) is 10.2. The van der Waals surface area contributed by atoms with Crippen LogP contribution in [0.15, 0.2) is 30.5 Å². The van der Waals surface area contributed by atoms with Crippen LogP contribution in [0.3, 0.4) is 0 Å². The van der Waals surface area contributed by atoms with Gasteiger partial charge in [0.05, 0.1) is 6.54 Å². The predicted octanol–water partition coefficient (Wildman–Crippen LogP) is 3.04. The molecule has 0 aliphatic carbocycles. The van der Waals surface area contributed by atoms with E-state index in [-0.39, 0.29) is 18.5 Å². The first-order chi connectivity index (χ1) is 9.41. The van der Waals surface area contributed by atoms with Crippen LogP contribution in [0.1, 0.15) is 11.3 Å². The van der Waals surface area contributed by atoms with Crippen molar-refractivity contribution in [1.29, 1.82) is 0 Å². The third kappa shape index (κ3) is 2.48. The van der Waals surface area contributed by atoms with Crippen molar-refractivity contribution in [1.82, 2.24) is 9.78 Å². The van der Waals surface area contributed by atoms with E-state index in [9.17, 15) is 17.6 Å². The second kappa shape index (κ2) is 4.50. The highest BCUT2D eigenvalue weighted by atomic mass is 19.4. The van der Waals surface area contributed by atoms with Gasteiger partial charge in [-0.1, -0.05) is 0 Å². The van der Waals surface area contributed by atoms with Crippen molar-refractivity contribution < 1.29 is 22.3 Å². The molecule has 0 amide bonds. The van der Waals surface area contributed by atoms with E-state index in [1.807, 2.05) is 0 Å². The second-order valence-electron chi connectivity index (χ2n) is 4.62. The molecule has 1 aliphatic rings. The number of halogens is 4. The molecule has 3 nitrogen and oxygen atoms in total. The highest BCUT2D eigenvalue weighted by molar-refractivity contribution is 5.37. The molecule has 3 rings (SSSR count). The van der Waals surface area contributed by atoms with Crippen molar-refractivity contribution in [2.75, 3.05) is 0 Å². The Labute approximate surface area is 111 Å². The number of aromatic nitrogens is 2. The fraction of sp³-hybridized carbons (Fsp3) is 0.308. The Morgan fingerprint density at radius 1 is 1.30 bits per heavy atom. The highest BCUT2D eigenvalue weighted by Gasteiger charge is 2.34. The summed E-state index contributed by atoms with van der Waals surface area (Å²) in [4.78, 5) is 0. The van der Waals surface area contributed by atoms with Crippen LogP contribution >= 0.6 is 0 Å². The van der Waals surface area contributed by atoms with Gasteiger partial charge in [-0.05, 0) is 24.3 Å². The third-order valence-corrected chi connectivity index (χ3v) is 3.09. The molecule has 1 aromatic carbocycles. The first kappa shape index (κ1) is 13.0. The van der Waals surface area contributed by atoms with E-state index in [2.05, 4.69) is 5.10 Å². The quantitative estimate of drug-likeness (QED) is 0.793. The van der Waals surface area contributed by atoms with Gasteiger partial charge in [0, 0.05) is 18.2 Å². The third-order valence-electron chi connectivity index (χ3n) is 3.09. The van der Waals surface area contributed by atoms with E-state index in [0.29, 0.717) is 12.2 Å². The molecule has 0 radical (unpaired) electrons. The van der Waals surface area contributed by atoms with Crippen LogP contribution in [0.2, 0.25) is 0 Å². The van der Waals surface area contributed by atoms with Gasteiger partial charge in [0.1, 0.15) is 17.7 Å². The van der Waals surface area contributed by atoms with Crippen LogP contribution < -0.4 is 4.74 Å². The van der Waals surface area contributed by atoms with Gasteiger partial charge in [-0.25, -0.2) is 4.39 Å². The van der Waals surface area contributed by atoms with Crippen LogP contribution in [0.4, 0.5) is 17.6 Å². The highest BCUT2D eigenvalue weighted by Crippen LogP contribution is 2.30. The number of hydrogen-bond donors (Lipinski definition) is 0. The standard InChI is InChI=1S/C13H10F4N2O/c14-9-1-2-11-8(5-9)6-10(20-11)7-19-4-3-12(18-19)13(15,16)17/h1-5,10H,6-7H2. The lowest BCUT2D eigenvalue weighted by Gasteiger charge is -2.10. The van der Waals surface area contributed by atoms with Crippen LogP contribution in [0.5, 0.6) is 5.75 Å². The van der Waals surface area contributed by atoms with Crippen molar-refractivity contribution in [3.05, 3.63) is 47.5 Å². The molecule has 0 fully saturated rings. The van der Waals surface area contributed by atoms with Crippen LogP contribution in [-0.4, -0.2) is 15.9 Å². The molecule has 1 unspecified atom stereocenters. The summed E-state index contributed by atoms with van der Waals surface area (Å²) in [6.07, 6.45) is -3.08. The summed E-state index contributed by atoms with van der Waals surface area (Å²) < 4.78 is 57.1. The van der Waals surface area contributed by atoms with Crippen molar-refractivity contribution in [2.45, 2.75) is 25.2 Å². The Morgan fingerprint density at radius 3 is 2.80 bits per heavy atom. The molecule has 7 heteroatoms. The average molecular weight is 286 g/mol. The van der Waals surface area contributed by atoms with E-state index < -0.39 is 11.9 Å². The molecule has 0 saturated carbocycles. The van der Waals surface area contributed by atoms with Gasteiger partial charge >= 0.3 is 6.18 Å². The minimum atomic E-state index is -4.45. The van der Waals surface area contributed by atoms with Crippen molar-refractivity contribution >= 4 is 0 Å². The summed E-state index contributed by atoms with van der Waals surface area (Å²) in [6, 6.07) is 5.10. The first-order valence-corrected chi connectivity index (χ1v) is 5.97. The zero-order valence-electron chi connectivity index (χ0n) is 10.2. The Morgan fingerprint density at radius 2 is 2.10 bits per heavy atom. The fourth-order valence-corrected chi connectivity index (χ4v) is 2.21. The zero-order chi connectivity index (χ0) is 14.3. The van der Waals surface area contributed by atoms with E-state index in [1.165, 1.54) is 29.1 Å². The number of hydrogen-bond acceptors (Lipinski definition) is 2. The lowest BCUT2D eigenvalue weighted by molar-refractivity contribution is -0.141. The predicted molar refractivity (Wildman–Crippen MR) is 61.7 cm³/mol. The van der Waals surface area contributed by atoms with Gasteiger partial charge in [0.25, 0.3) is 0 Å². The van der Waals surface area contributed by atoms with E-state index in [1.54, 1.807) is 0 Å². The number of ether oxygens (including phenoxy) is 1. The second-order valence-corrected chi connectivity index (χ2v) is 4.62. The Balaban J connectivity index is 1.70. The molecular weight excluding hydrogens is 276 g/mol. The molecule has 0 spiro atoms. The summed E-state index contributed by atoms with van der Waals surface area (Å²) >= 11 is 0. The summed E-state index contributed by atoms with van der Waals surface area (Å²) in [5, 5.41) is 3.46. The molecule has 20 heavy (non-hydrogen) atoms. The first-order valence-electron chi connectivity index (χ1n) is 5.97. The maximum Gasteiger partial charge on any atom is 0.435 e. The molecule has 1 aliphatic heterocycles. The van der Waals surface area contributed by atoms with Crippen LogP contribution in [0.25, 0.3) is 0 Å². The van der Waals surface area contributed by atoms with Gasteiger partial charge in [-0.3, -0.25) is 4.68 Å². The Bertz CT molecular complexity index is 636. The molecule has 2 aromatic rings. The largest absolute Gasteiger partial charge is 0.488 e. The van der Waals surface area contributed by atoms with Gasteiger partial charge in [0.2, 0.25) is 0 Å². The fourth-order valence-electron chi connectivity index (χ4n) is 2.21. The Hall–Kier alpha value is -2.05. The van der Waals surface area contributed by atoms with Crippen molar-refractivity contribution in [2.24, 2.45) is 0 Å². The van der Waals surface area contributed by atoms with Crippen LogP contribution in [0, 0.1) is 5.82 Å². The summed E-state index contributed by atoms with van der Waals surface area (Å²) in [5.41, 5.74) is -0.211. The molecule has 0 saturated heterocycles. The topological polar surface area (TPSA) is 27.1 Å². The maximum absolute atomic E-state index is 13.1. The monoisotopic (exact) mass is 286 g/mol. The van der Waals surface area contributed by atoms with Gasteiger partial charge in [-0.15, -0.1) is 0 Å². The van der Waals surface area contributed by atoms with Crippen molar-refractivity contribution in [3.63, 3.8) is 0 Å². The number of benzene rings is 1. The number of rotatable bonds is 2. The average Bonchev–Trinajstić information content (AvgIpc) is 2.94. The minimum absolute atomic E-state index is 0.187. The normalized spacial score (nSPS) is 17.9. The molecular formula is C13H10F4N2O. The van der Waals surface area contributed by atoms with Crippen molar-refractivity contribution in [3.8, 4) is 5.75 Å². The minimum Gasteiger partial charge on any atom is -0.488 e. The molecule has 1 aromatic heterocycles. The molecule has 0 N–H and O–H groups in total. The lowest BCUT2D eigenvalue weighted by atomic mass is 10.1. The summed E-state index contributed by atoms with van der Waals surface area (Å²) in [6.45, 7) is 0.187. The number of nitrogens with zero attached hydrogens (tertiary/aromatic N) is 2. The van der Waals surface area contributed by atoms with Gasteiger partial charge in [0.15, 0.2) is 5.69 Å². The van der Waals surface area contributed by atoms with Gasteiger partial charge < -0.3 is 4.74 Å². The molecule has 2 heterocycles. The molecule has 1 atom stereocenters. The summed E-state index contributed by atoms with van der Waals surface area (Å²) in [7, 11) is 0. The molecule has 106 valence electrons. The number of alkyl halides is 3. The number of fused-ring (bicyclic) bond motifs is 1. The molecule has 0 bridgehead atoms.